The number of carbonyl (C=O) groups excluding carboxylic acids is 1. The third kappa shape index (κ3) is 4.18. The highest BCUT2D eigenvalue weighted by Gasteiger charge is 2.21. The molecule has 0 atom stereocenters. The maximum Gasteiger partial charge on any atom is 0.260 e. The number of halogens is 1. The van der Waals surface area contributed by atoms with E-state index < -0.39 is 0 Å². The number of nitrogens with zero attached hydrogens (tertiary/aromatic N) is 4. The van der Waals surface area contributed by atoms with E-state index in [1.165, 1.54) is 5.56 Å². The number of hydrogen-bond donors (Lipinski definition) is 0. The van der Waals surface area contributed by atoms with Crippen molar-refractivity contribution in [1.29, 1.82) is 0 Å². The van der Waals surface area contributed by atoms with Crippen LogP contribution in [0.5, 0.6) is 0 Å². The lowest BCUT2D eigenvalue weighted by Crippen LogP contribution is -2.32. The summed E-state index contributed by atoms with van der Waals surface area (Å²) in [6, 6.07) is 11.2. The standard InChI is InChI=1S/C22H21ClN4OS/c1-15-4-9-19-20(16(15)2)25-22(29-19)27(12-3-11-26-13-10-24-14-26)21(28)17-5-7-18(23)8-6-17/h4-10,13-14H,3,11-12H2,1-2H3. The average molecular weight is 425 g/mol. The van der Waals surface area contributed by atoms with Crippen LogP contribution in [0.3, 0.4) is 0 Å². The molecule has 0 bridgehead atoms. The van der Waals surface area contributed by atoms with Gasteiger partial charge in [-0.05, 0) is 61.7 Å². The first-order valence-corrected chi connectivity index (χ1v) is 10.6. The largest absolute Gasteiger partial charge is 0.337 e. The van der Waals surface area contributed by atoms with Crippen molar-refractivity contribution in [1.82, 2.24) is 14.5 Å². The van der Waals surface area contributed by atoms with Gasteiger partial charge in [0.1, 0.15) is 0 Å². The Balaban J connectivity index is 1.66. The van der Waals surface area contributed by atoms with E-state index in [2.05, 4.69) is 31.0 Å². The number of anilines is 1. The number of carbonyl (C=O) groups is 1. The van der Waals surface area contributed by atoms with Crippen LogP contribution in [0.25, 0.3) is 10.2 Å². The topological polar surface area (TPSA) is 51.0 Å². The van der Waals surface area contributed by atoms with Gasteiger partial charge < -0.3 is 4.57 Å². The van der Waals surface area contributed by atoms with Gasteiger partial charge in [-0.2, -0.15) is 0 Å². The van der Waals surface area contributed by atoms with Crippen LogP contribution < -0.4 is 4.90 Å². The predicted molar refractivity (Wildman–Crippen MR) is 119 cm³/mol. The van der Waals surface area contributed by atoms with Crippen molar-refractivity contribution in [3.05, 3.63) is 76.8 Å². The first-order valence-electron chi connectivity index (χ1n) is 9.43. The van der Waals surface area contributed by atoms with Gasteiger partial charge in [-0.15, -0.1) is 0 Å². The molecule has 0 aliphatic heterocycles. The maximum atomic E-state index is 13.3. The smallest absolute Gasteiger partial charge is 0.260 e. The zero-order chi connectivity index (χ0) is 20.4. The van der Waals surface area contributed by atoms with Crippen LogP contribution in [0.15, 0.2) is 55.1 Å². The molecule has 29 heavy (non-hydrogen) atoms. The van der Waals surface area contributed by atoms with Crippen molar-refractivity contribution in [3.8, 4) is 0 Å². The number of rotatable bonds is 6. The molecule has 148 valence electrons. The first kappa shape index (κ1) is 19.6. The molecule has 0 saturated carbocycles. The lowest BCUT2D eigenvalue weighted by Gasteiger charge is -2.20. The number of aromatic nitrogens is 3. The van der Waals surface area contributed by atoms with E-state index in [4.69, 9.17) is 16.6 Å². The van der Waals surface area contributed by atoms with E-state index in [0.717, 1.165) is 33.9 Å². The van der Waals surface area contributed by atoms with E-state index in [0.29, 0.717) is 17.1 Å². The minimum absolute atomic E-state index is 0.0688. The highest BCUT2D eigenvalue weighted by Crippen LogP contribution is 2.32. The van der Waals surface area contributed by atoms with Gasteiger partial charge in [0.2, 0.25) is 0 Å². The summed E-state index contributed by atoms with van der Waals surface area (Å²) >= 11 is 7.55. The molecule has 0 fully saturated rings. The molecule has 0 aliphatic carbocycles. The van der Waals surface area contributed by atoms with Crippen LogP contribution in [0.2, 0.25) is 5.02 Å². The summed E-state index contributed by atoms with van der Waals surface area (Å²) < 4.78 is 3.10. The number of thiazole rings is 1. The second-order valence-electron chi connectivity index (χ2n) is 6.97. The van der Waals surface area contributed by atoms with E-state index in [1.54, 1.807) is 53.0 Å². The van der Waals surface area contributed by atoms with Crippen LogP contribution in [-0.4, -0.2) is 27.0 Å². The molecule has 0 aliphatic rings. The lowest BCUT2D eigenvalue weighted by atomic mass is 10.1. The zero-order valence-electron chi connectivity index (χ0n) is 16.3. The molecule has 7 heteroatoms. The molecule has 2 heterocycles. The quantitative estimate of drug-likeness (QED) is 0.410. The minimum atomic E-state index is -0.0688. The Bertz CT molecular complexity index is 1140. The van der Waals surface area contributed by atoms with E-state index in [1.807, 2.05) is 10.8 Å². The summed E-state index contributed by atoms with van der Waals surface area (Å²) in [5.41, 5.74) is 3.92. The maximum absolute atomic E-state index is 13.3. The second kappa shape index (κ2) is 8.35. The third-order valence-corrected chi connectivity index (χ3v) is 6.29. The van der Waals surface area contributed by atoms with Gasteiger partial charge >= 0.3 is 0 Å². The Labute approximate surface area is 178 Å². The Morgan fingerprint density at radius 2 is 1.97 bits per heavy atom. The molecular formula is C22H21ClN4OS. The van der Waals surface area contributed by atoms with Crippen molar-refractivity contribution in [2.24, 2.45) is 0 Å². The van der Waals surface area contributed by atoms with Crippen LogP contribution >= 0.6 is 22.9 Å². The van der Waals surface area contributed by atoms with Crippen LogP contribution in [-0.2, 0) is 6.54 Å². The van der Waals surface area contributed by atoms with E-state index >= 15 is 0 Å². The second-order valence-corrected chi connectivity index (χ2v) is 8.41. The molecule has 0 radical (unpaired) electrons. The molecule has 4 rings (SSSR count). The molecular weight excluding hydrogens is 404 g/mol. The van der Waals surface area contributed by atoms with Crippen molar-refractivity contribution in [2.75, 3.05) is 11.4 Å². The van der Waals surface area contributed by atoms with Gasteiger partial charge in [-0.1, -0.05) is 29.0 Å². The van der Waals surface area contributed by atoms with Gasteiger partial charge in [-0.25, -0.2) is 9.97 Å². The van der Waals surface area contributed by atoms with Crippen LogP contribution in [0.4, 0.5) is 5.13 Å². The highest BCUT2D eigenvalue weighted by atomic mass is 35.5. The van der Waals surface area contributed by atoms with E-state index in [9.17, 15) is 4.79 Å². The van der Waals surface area contributed by atoms with Crippen LogP contribution in [0.1, 0.15) is 27.9 Å². The van der Waals surface area contributed by atoms with Gasteiger partial charge in [0.15, 0.2) is 5.13 Å². The van der Waals surface area contributed by atoms with Crippen molar-refractivity contribution in [3.63, 3.8) is 0 Å². The molecule has 0 spiro atoms. The predicted octanol–water partition coefficient (Wildman–Crippen LogP) is 5.50. The monoisotopic (exact) mass is 424 g/mol. The Kier molecular flexibility index (Phi) is 5.65. The lowest BCUT2D eigenvalue weighted by molar-refractivity contribution is 0.0986. The summed E-state index contributed by atoms with van der Waals surface area (Å²) in [5.74, 6) is -0.0688. The highest BCUT2D eigenvalue weighted by molar-refractivity contribution is 7.22. The molecule has 2 aromatic carbocycles. The average Bonchev–Trinajstić information content (AvgIpc) is 3.38. The number of aryl methyl sites for hydroxylation is 3. The summed E-state index contributed by atoms with van der Waals surface area (Å²) in [6.07, 6.45) is 6.27. The Morgan fingerprint density at radius 3 is 2.69 bits per heavy atom. The van der Waals surface area contributed by atoms with Gasteiger partial charge in [0.25, 0.3) is 5.91 Å². The van der Waals surface area contributed by atoms with E-state index in [-0.39, 0.29) is 5.91 Å². The summed E-state index contributed by atoms with van der Waals surface area (Å²) in [5, 5.41) is 1.33. The number of imidazole rings is 1. The SMILES string of the molecule is Cc1ccc2sc(N(CCCn3ccnc3)C(=O)c3ccc(Cl)cc3)nc2c1C. The molecule has 4 aromatic rings. The first-order chi connectivity index (χ1) is 14.0. The third-order valence-electron chi connectivity index (χ3n) is 5.00. The fraction of sp³-hybridized carbons (Fsp3) is 0.227. The summed E-state index contributed by atoms with van der Waals surface area (Å²) in [6.45, 7) is 5.51. The molecule has 0 N–H and O–H groups in total. The fourth-order valence-corrected chi connectivity index (χ4v) is 4.37. The normalized spacial score (nSPS) is 11.1. The Hall–Kier alpha value is -2.70. The molecule has 1 amide bonds. The fourth-order valence-electron chi connectivity index (χ4n) is 3.19. The number of amides is 1. The van der Waals surface area contributed by atoms with Crippen molar-refractivity contribution in [2.45, 2.75) is 26.8 Å². The molecule has 5 nitrogen and oxygen atoms in total. The number of benzene rings is 2. The number of fused-ring (bicyclic) bond motifs is 1. The van der Waals surface area contributed by atoms with Gasteiger partial charge in [0, 0.05) is 36.1 Å². The van der Waals surface area contributed by atoms with Crippen LogP contribution in [0, 0.1) is 13.8 Å². The summed E-state index contributed by atoms with van der Waals surface area (Å²) in [4.78, 5) is 24.0. The summed E-state index contributed by atoms with van der Waals surface area (Å²) in [7, 11) is 0. The van der Waals surface area contributed by atoms with Gasteiger partial charge in [0.05, 0.1) is 16.5 Å². The van der Waals surface area contributed by atoms with Gasteiger partial charge in [-0.3, -0.25) is 9.69 Å². The zero-order valence-corrected chi connectivity index (χ0v) is 17.9. The minimum Gasteiger partial charge on any atom is -0.337 e. The van der Waals surface area contributed by atoms with Crippen molar-refractivity contribution >= 4 is 44.2 Å². The number of hydrogen-bond acceptors (Lipinski definition) is 4. The molecule has 2 aromatic heterocycles. The Morgan fingerprint density at radius 1 is 1.17 bits per heavy atom. The molecule has 0 saturated heterocycles. The molecule has 0 unspecified atom stereocenters. The van der Waals surface area contributed by atoms with Crippen molar-refractivity contribution < 1.29 is 4.79 Å².